The molecule has 0 aromatic carbocycles. The summed E-state index contributed by atoms with van der Waals surface area (Å²) in [4.78, 5) is 35.0. The van der Waals surface area contributed by atoms with Crippen molar-refractivity contribution >= 4 is 29.1 Å². The van der Waals surface area contributed by atoms with Gasteiger partial charge in [0.1, 0.15) is 28.3 Å². The number of anilines is 2. The summed E-state index contributed by atoms with van der Waals surface area (Å²) in [6.45, 7) is 2.17. The highest BCUT2D eigenvalue weighted by Crippen LogP contribution is 2.22. The molecule has 0 aliphatic carbocycles. The van der Waals surface area contributed by atoms with E-state index in [0.29, 0.717) is 34.4 Å². The Morgan fingerprint density at radius 3 is 2.62 bits per heavy atom. The van der Waals surface area contributed by atoms with Crippen molar-refractivity contribution < 1.29 is 4.79 Å². The van der Waals surface area contributed by atoms with E-state index in [1.165, 1.54) is 0 Å². The Labute approximate surface area is 216 Å². The molecule has 37 heavy (non-hydrogen) atoms. The molecule has 10 nitrogen and oxygen atoms in total. The van der Waals surface area contributed by atoms with Crippen LogP contribution in [0.2, 0.25) is 0 Å². The Hall–Kier alpha value is -5.08. The number of aryl methyl sites for hydroxylation is 1. The molecule has 0 bridgehead atoms. The Bertz CT molecular complexity index is 1580. The molecule has 5 heterocycles. The van der Waals surface area contributed by atoms with Crippen LogP contribution in [0.3, 0.4) is 0 Å². The molecule has 0 fully saturated rings. The zero-order chi connectivity index (χ0) is 25.6. The Kier molecular flexibility index (Phi) is 6.82. The summed E-state index contributed by atoms with van der Waals surface area (Å²) in [5.41, 5.74) is 4.30. The van der Waals surface area contributed by atoms with Gasteiger partial charge in [-0.25, -0.2) is 9.97 Å². The SMILES string of the molecule is Cc1cc(Nc2cc(C#N)sn2)nc(-c2ccc(C(=O)NCc3ccc(-c4cccnc4)nc3)nc2)n1. The lowest BCUT2D eigenvalue weighted by molar-refractivity contribution is 0.0946. The van der Waals surface area contributed by atoms with Gasteiger partial charge in [-0.3, -0.25) is 19.7 Å². The summed E-state index contributed by atoms with van der Waals surface area (Å²) in [6.07, 6.45) is 6.76. The molecular formula is C26H19N9OS. The molecule has 0 aliphatic rings. The molecule has 1 amide bonds. The topological polar surface area (TPSA) is 142 Å². The monoisotopic (exact) mass is 505 g/mol. The summed E-state index contributed by atoms with van der Waals surface area (Å²) >= 11 is 1.11. The fourth-order valence-corrected chi connectivity index (χ4v) is 3.93. The molecule has 5 aromatic heterocycles. The Balaban J connectivity index is 1.23. The number of carbonyl (C=O) groups is 1. The Morgan fingerprint density at radius 1 is 1.00 bits per heavy atom. The van der Waals surface area contributed by atoms with Crippen molar-refractivity contribution in [2.75, 3.05) is 5.32 Å². The molecule has 0 aliphatic heterocycles. The number of hydrogen-bond donors (Lipinski definition) is 2. The maximum absolute atomic E-state index is 12.6. The fourth-order valence-electron chi connectivity index (χ4n) is 3.43. The van der Waals surface area contributed by atoms with E-state index < -0.39 is 0 Å². The highest BCUT2D eigenvalue weighted by Gasteiger charge is 2.11. The molecule has 2 N–H and O–H groups in total. The van der Waals surface area contributed by atoms with Crippen molar-refractivity contribution in [3.63, 3.8) is 0 Å². The number of pyridine rings is 3. The first kappa shape index (κ1) is 23.7. The van der Waals surface area contributed by atoms with Crippen LogP contribution in [0.25, 0.3) is 22.6 Å². The minimum absolute atomic E-state index is 0.279. The number of hydrogen-bond acceptors (Lipinski definition) is 10. The normalized spacial score (nSPS) is 10.5. The largest absolute Gasteiger partial charge is 0.347 e. The van der Waals surface area contributed by atoms with Gasteiger partial charge in [0.25, 0.3) is 5.91 Å². The van der Waals surface area contributed by atoms with E-state index in [4.69, 9.17) is 5.26 Å². The second kappa shape index (κ2) is 10.7. The van der Waals surface area contributed by atoms with Gasteiger partial charge in [-0.15, -0.1) is 0 Å². The van der Waals surface area contributed by atoms with Gasteiger partial charge >= 0.3 is 0 Å². The van der Waals surface area contributed by atoms with E-state index >= 15 is 0 Å². The molecule has 0 radical (unpaired) electrons. The van der Waals surface area contributed by atoms with Crippen LogP contribution in [0.15, 0.2) is 73.3 Å². The third kappa shape index (κ3) is 5.77. The van der Waals surface area contributed by atoms with Gasteiger partial charge < -0.3 is 10.6 Å². The van der Waals surface area contributed by atoms with Gasteiger partial charge in [0.15, 0.2) is 5.82 Å². The summed E-state index contributed by atoms with van der Waals surface area (Å²) < 4.78 is 4.19. The van der Waals surface area contributed by atoms with Crippen LogP contribution in [0.5, 0.6) is 0 Å². The number of carbonyl (C=O) groups excluding carboxylic acids is 1. The fraction of sp³-hybridized carbons (Fsp3) is 0.0769. The predicted molar refractivity (Wildman–Crippen MR) is 139 cm³/mol. The molecule has 0 saturated heterocycles. The van der Waals surface area contributed by atoms with Gasteiger partial charge in [0, 0.05) is 60.3 Å². The summed E-state index contributed by atoms with van der Waals surface area (Å²) in [5, 5.41) is 14.9. The Morgan fingerprint density at radius 2 is 1.92 bits per heavy atom. The van der Waals surface area contributed by atoms with E-state index in [2.05, 4.69) is 46.0 Å². The van der Waals surface area contributed by atoms with E-state index in [1.54, 1.807) is 49.1 Å². The number of nitrogens with one attached hydrogen (secondary N) is 2. The van der Waals surface area contributed by atoms with Crippen LogP contribution in [0, 0.1) is 18.3 Å². The first-order valence-corrected chi connectivity index (χ1v) is 11.9. The van der Waals surface area contributed by atoms with Gasteiger partial charge in [-0.1, -0.05) is 6.07 Å². The maximum Gasteiger partial charge on any atom is 0.270 e. The van der Waals surface area contributed by atoms with Crippen molar-refractivity contribution in [3.8, 4) is 28.7 Å². The molecule has 180 valence electrons. The van der Waals surface area contributed by atoms with Crippen molar-refractivity contribution in [3.05, 3.63) is 95.1 Å². The highest BCUT2D eigenvalue weighted by molar-refractivity contribution is 7.06. The maximum atomic E-state index is 12.6. The van der Waals surface area contributed by atoms with E-state index in [0.717, 1.165) is 34.0 Å². The van der Waals surface area contributed by atoms with E-state index in [1.807, 2.05) is 31.2 Å². The molecule has 0 spiro atoms. The second-order valence-electron chi connectivity index (χ2n) is 7.94. The smallest absolute Gasteiger partial charge is 0.270 e. The summed E-state index contributed by atoms with van der Waals surface area (Å²) in [5.74, 6) is 1.24. The quantitative estimate of drug-likeness (QED) is 0.331. The minimum Gasteiger partial charge on any atom is -0.347 e. The van der Waals surface area contributed by atoms with Gasteiger partial charge in [-0.05, 0) is 54.4 Å². The van der Waals surface area contributed by atoms with Crippen LogP contribution in [0.1, 0.15) is 26.6 Å². The van der Waals surface area contributed by atoms with Crippen LogP contribution in [-0.2, 0) is 6.54 Å². The molecule has 5 aromatic rings. The van der Waals surface area contributed by atoms with Gasteiger partial charge in [0.05, 0.1) is 5.69 Å². The predicted octanol–water partition coefficient (Wildman–Crippen LogP) is 4.31. The second-order valence-corrected chi connectivity index (χ2v) is 8.74. The number of amides is 1. The summed E-state index contributed by atoms with van der Waals surface area (Å²) in [6, 6.07) is 16.5. The third-order valence-electron chi connectivity index (χ3n) is 5.22. The molecular weight excluding hydrogens is 486 g/mol. The average Bonchev–Trinajstić information content (AvgIpc) is 3.40. The highest BCUT2D eigenvalue weighted by atomic mass is 32.1. The van der Waals surface area contributed by atoms with Crippen LogP contribution in [0.4, 0.5) is 11.6 Å². The van der Waals surface area contributed by atoms with E-state index in [-0.39, 0.29) is 11.6 Å². The van der Waals surface area contributed by atoms with E-state index in [9.17, 15) is 4.79 Å². The van der Waals surface area contributed by atoms with Crippen molar-refractivity contribution in [1.82, 2.24) is 34.6 Å². The van der Waals surface area contributed by atoms with Gasteiger partial charge in [0.2, 0.25) is 0 Å². The first-order valence-electron chi connectivity index (χ1n) is 11.2. The van der Waals surface area contributed by atoms with Gasteiger partial charge in [-0.2, -0.15) is 9.64 Å². The first-order chi connectivity index (χ1) is 18.1. The number of rotatable bonds is 7. The van der Waals surface area contributed by atoms with Crippen LogP contribution in [-0.4, -0.2) is 35.2 Å². The molecule has 0 atom stereocenters. The zero-order valence-corrected chi connectivity index (χ0v) is 20.4. The minimum atomic E-state index is -0.299. The molecule has 5 rings (SSSR count). The van der Waals surface area contributed by atoms with Crippen molar-refractivity contribution in [1.29, 1.82) is 5.26 Å². The number of nitriles is 1. The van der Waals surface area contributed by atoms with Crippen molar-refractivity contribution in [2.45, 2.75) is 13.5 Å². The third-order valence-corrected chi connectivity index (χ3v) is 5.91. The zero-order valence-electron chi connectivity index (χ0n) is 19.6. The lowest BCUT2D eigenvalue weighted by Crippen LogP contribution is -2.23. The van der Waals surface area contributed by atoms with Crippen LogP contribution < -0.4 is 10.6 Å². The molecule has 0 unspecified atom stereocenters. The molecule has 0 saturated carbocycles. The average molecular weight is 506 g/mol. The summed E-state index contributed by atoms with van der Waals surface area (Å²) in [7, 11) is 0. The standard InChI is InChI=1S/C26H19N9OS/c1-16-9-23(33-24-10-20(11-27)37-35-24)34-25(32-16)19-5-7-22(30-15-19)26(36)31-13-17-4-6-21(29-12-17)18-3-2-8-28-14-18/h2-10,12,14-15H,13H2,1H3,(H,31,36)(H,32,33,34,35). The molecule has 11 heteroatoms. The van der Waals surface area contributed by atoms with Crippen LogP contribution >= 0.6 is 11.5 Å². The van der Waals surface area contributed by atoms with Crippen molar-refractivity contribution in [2.24, 2.45) is 0 Å². The lowest BCUT2D eigenvalue weighted by Gasteiger charge is -2.08. The number of aromatic nitrogens is 6. The lowest BCUT2D eigenvalue weighted by atomic mass is 10.1. The number of nitrogens with zero attached hydrogens (tertiary/aromatic N) is 7.